The molecule has 0 aliphatic carbocycles. The van der Waals surface area contributed by atoms with Crippen LogP contribution in [0.2, 0.25) is 0 Å². The van der Waals surface area contributed by atoms with Gasteiger partial charge in [0.2, 0.25) is 0 Å². The maximum atomic E-state index is 3.85. The first-order valence-corrected chi connectivity index (χ1v) is 4.23. The highest BCUT2D eigenvalue weighted by molar-refractivity contribution is 5.53. The van der Waals surface area contributed by atoms with Crippen LogP contribution < -0.4 is 4.90 Å². The summed E-state index contributed by atoms with van der Waals surface area (Å²) in [7, 11) is 2.06. The lowest BCUT2D eigenvalue weighted by atomic mass is 10.1. The van der Waals surface area contributed by atoms with Crippen LogP contribution in [0, 0.1) is 20.8 Å². The lowest BCUT2D eigenvalue weighted by molar-refractivity contribution is 1.02. The summed E-state index contributed by atoms with van der Waals surface area (Å²) in [5, 5.41) is 0. The molecule has 0 spiro atoms. The normalized spacial score (nSPS) is 10.0. The molecule has 1 rings (SSSR count). The van der Waals surface area contributed by atoms with Crippen molar-refractivity contribution in [2.75, 3.05) is 18.5 Å². The molecule has 0 aliphatic heterocycles. The van der Waals surface area contributed by atoms with Crippen molar-refractivity contribution in [3.05, 3.63) is 36.2 Å². The van der Waals surface area contributed by atoms with Crippen molar-refractivity contribution >= 4 is 5.69 Å². The molecular weight excluding hydrogens is 146 g/mol. The second-order valence-corrected chi connectivity index (χ2v) is 3.21. The van der Waals surface area contributed by atoms with Crippen LogP contribution in [-0.4, -0.2) is 13.6 Å². The number of benzene rings is 1. The van der Waals surface area contributed by atoms with Crippen LogP contribution >= 0.6 is 0 Å². The SMILES string of the molecule is [CH2]CN(C)c1ccc(C)cc1C. The van der Waals surface area contributed by atoms with Crippen LogP contribution in [0.5, 0.6) is 0 Å². The average molecular weight is 162 g/mol. The summed E-state index contributed by atoms with van der Waals surface area (Å²) in [6.45, 7) is 8.91. The molecule has 12 heavy (non-hydrogen) atoms. The van der Waals surface area contributed by atoms with Gasteiger partial charge in [-0.15, -0.1) is 0 Å². The Kier molecular flexibility index (Phi) is 2.74. The standard InChI is InChI=1S/C11H16N/c1-5-12(4)11-7-6-9(2)8-10(11)3/h6-8H,1,5H2,2-4H3. The van der Waals surface area contributed by atoms with Crippen LogP contribution in [0.4, 0.5) is 5.69 Å². The molecule has 1 heteroatoms. The molecule has 0 aromatic heterocycles. The van der Waals surface area contributed by atoms with Crippen molar-refractivity contribution in [1.29, 1.82) is 0 Å². The number of hydrogen-bond acceptors (Lipinski definition) is 1. The van der Waals surface area contributed by atoms with Crippen molar-refractivity contribution in [3.63, 3.8) is 0 Å². The molecule has 1 radical (unpaired) electrons. The van der Waals surface area contributed by atoms with Crippen LogP contribution in [-0.2, 0) is 0 Å². The maximum absolute atomic E-state index is 3.85. The highest BCUT2D eigenvalue weighted by atomic mass is 15.1. The molecule has 0 fully saturated rings. The first-order chi connectivity index (χ1) is 5.65. The predicted octanol–water partition coefficient (Wildman–Crippen LogP) is 2.57. The number of rotatable bonds is 2. The second kappa shape index (κ2) is 3.61. The highest BCUT2D eigenvalue weighted by Crippen LogP contribution is 2.19. The van der Waals surface area contributed by atoms with Crippen LogP contribution in [0.3, 0.4) is 0 Å². The Balaban J connectivity index is 3.01. The molecule has 1 nitrogen and oxygen atoms in total. The van der Waals surface area contributed by atoms with E-state index >= 15 is 0 Å². The number of aryl methyl sites for hydroxylation is 2. The molecule has 0 N–H and O–H groups in total. The minimum absolute atomic E-state index is 0.809. The number of hydrogen-bond donors (Lipinski definition) is 0. The zero-order valence-electron chi connectivity index (χ0n) is 8.09. The Morgan fingerprint density at radius 1 is 1.33 bits per heavy atom. The largest absolute Gasteiger partial charge is 0.374 e. The number of anilines is 1. The van der Waals surface area contributed by atoms with Gasteiger partial charge in [0.1, 0.15) is 0 Å². The van der Waals surface area contributed by atoms with Gasteiger partial charge in [-0.25, -0.2) is 0 Å². The van der Waals surface area contributed by atoms with E-state index in [4.69, 9.17) is 0 Å². The third kappa shape index (κ3) is 1.79. The summed E-state index contributed by atoms with van der Waals surface area (Å²) in [6.07, 6.45) is 0. The molecule has 0 unspecified atom stereocenters. The minimum Gasteiger partial charge on any atom is -0.374 e. The van der Waals surface area contributed by atoms with E-state index in [0.29, 0.717) is 0 Å². The van der Waals surface area contributed by atoms with E-state index in [1.54, 1.807) is 0 Å². The smallest absolute Gasteiger partial charge is 0.0393 e. The summed E-state index contributed by atoms with van der Waals surface area (Å²) in [5.74, 6) is 0. The topological polar surface area (TPSA) is 3.24 Å². The van der Waals surface area contributed by atoms with Gasteiger partial charge in [0.05, 0.1) is 0 Å². The van der Waals surface area contributed by atoms with Gasteiger partial charge in [0.25, 0.3) is 0 Å². The van der Waals surface area contributed by atoms with E-state index in [1.165, 1.54) is 16.8 Å². The maximum Gasteiger partial charge on any atom is 0.0393 e. The molecule has 0 aliphatic rings. The Bertz CT molecular complexity index is 266. The zero-order valence-corrected chi connectivity index (χ0v) is 8.09. The molecule has 0 amide bonds. The van der Waals surface area contributed by atoms with E-state index in [1.807, 2.05) is 0 Å². The molecular formula is C11H16N. The van der Waals surface area contributed by atoms with Crippen molar-refractivity contribution in [2.45, 2.75) is 13.8 Å². The van der Waals surface area contributed by atoms with Crippen LogP contribution in [0.1, 0.15) is 11.1 Å². The van der Waals surface area contributed by atoms with E-state index in [2.05, 4.69) is 50.9 Å². The monoisotopic (exact) mass is 162 g/mol. The quantitative estimate of drug-likeness (QED) is 0.646. The van der Waals surface area contributed by atoms with Gasteiger partial charge in [-0.2, -0.15) is 0 Å². The number of nitrogens with zero attached hydrogens (tertiary/aromatic N) is 1. The predicted molar refractivity (Wildman–Crippen MR) is 54.5 cm³/mol. The summed E-state index contributed by atoms with van der Waals surface area (Å²) < 4.78 is 0. The van der Waals surface area contributed by atoms with Gasteiger partial charge < -0.3 is 4.90 Å². The molecule has 0 saturated heterocycles. The fourth-order valence-corrected chi connectivity index (χ4v) is 1.35. The van der Waals surface area contributed by atoms with Crippen LogP contribution in [0.15, 0.2) is 18.2 Å². The van der Waals surface area contributed by atoms with Gasteiger partial charge in [-0.3, -0.25) is 0 Å². The minimum atomic E-state index is 0.809. The van der Waals surface area contributed by atoms with Crippen molar-refractivity contribution in [3.8, 4) is 0 Å². The first-order valence-electron chi connectivity index (χ1n) is 4.23. The highest BCUT2D eigenvalue weighted by Gasteiger charge is 2.01. The fourth-order valence-electron chi connectivity index (χ4n) is 1.35. The van der Waals surface area contributed by atoms with Crippen molar-refractivity contribution in [1.82, 2.24) is 0 Å². The second-order valence-electron chi connectivity index (χ2n) is 3.21. The van der Waals surface area contributed by atoms with Gasteiger partial charge in [-0.1, -0.05) is 17.7 Å². The van der Waals surface area contributed by atoms with Crippen molar-refractivity contribution < 1.29 is 0 Å². The molecule has 0 atom stereocenters. The Labute approximate surface area is 75.0 Å². The lowest BCUT2D eigenvalue weighted by Crippen LogP contribution is -2.16. The molecule has 1 aromatic carbocycles. The van der Waals surface area contributed by atoms with Gasteiger partial charge in [0, 0.05) is 19.3 Å². The fraction of sp³-hybridized carbons (Fsp3) is 0.364. The third-order valence-corrected chi connectivity index (χ3v) is 2.10. The Morgan fingerprint density at radius 3 is 2.50 bits per heavy atom. The summed E-state index contributed by atoms with van der Waals surface area (Å²) in [5.41, 5.74) is 3.91. The van der Waals surface area contributed by atoms with Gasteiger partial charge in [-0.05, 0) is 32.4 Å². The molecule has 65 valence electrons. The molecule has 0 bridgehead atoms. The van der Waals surface area contributed by atoms with E-state index < -0.39 is 0 Å². The Morgan fingerprint density at radius 2 is 2.00 bits per heavy atom. The average Bonchev–Trinajstić information content (AvgIpc) is 2.03. The van der Waals surface area contributed by atoms with Crippen molar-refractivity contribution in [2.24, 2.45) is 0 Å². The summed E-state index contributed by atoms with van der Waals surface area (Å²) >= 11 is 0. The Hall–Kier alpha value is -0.980. The third-order valence-electron chi connectivity index (χ3n) is 2.10. The molecule has 0 saturated carbocycles. The van der Waals surface area contributed by atoms with E-state index in [0.717, 1.165) is 6.54 Å². The summed E-state index contributed by atoms with van der Waals surface area (Å²) in [4.78, 5) is 2.15. The van der Waals surface area contributed by atoms with E-state index in [-0.39, 0.29) is 0 Å². The molecule has 1 aromatic rings. The van der Waals surface area contributed by atoms with E-state index in [9.17, 15) is 0 Å². The van der Waals surface area contributed by atoms with Gasteiger partial charge in [0.15, 0.2) is 0 Å². The van der Waals surface area contributed by atoms with Crippen LogP contribution in [0.25, 0.3) is 0 Å². The van der Waals surface area contributed by atoms with Gasteiger partial charge >= 0.3 is 0 Å². The lowest BCUT2D eigenvalue weighted by Gasteiger charge is -2.19. The first kappa shape index (κ1) is 9.11. The summed E-state index contributed by atoms with van der Waals surface area (Å²) in [6, 6.07) is 6.48. The zero-order chi connectivity index (χ0) is 9.14. The molecule has 0 heterocycles.